The minimum Gasteiger partial charge on any atom is -0.307 e. The summed E-state index contributed by atoms with van der Waals surface area (Å²) in [4.78, 5) is 0. The number of para-hydroxylation sites is 2. The monoisotopic (exact) mass is 844 g/mol. The van der Waals surface area contributed by atoms with E-state index in [2.05, 4.69) is 252 Å². The van der Waals surface area contributed by atoms with Gasteiger partial charge in [-0.05, 0) is 74.8 Å². The minimum absolute atomic E-state index is 1.13. The number of thiophene rings is 1. The van der Waals surface area contributed by atoms with Crippen molar-refractivity contribution in [3.63, 3.8) is 0 Å². The van der Waals surface area contributed by atoms with Crippen LogP contribution >= 0.6 is 11.3 Å². The summed E-state index contributed by atoms with van der Waals surface area (Å²) in [5.74, 6) is 0. The highest BCUT2D eigenvalue weighted by molar-refractivity contribution is 7.26. The van der Waals surface area contributed by atoms with E-state index in [1.54, 1.807) is 0 Å². The average Bonchev–Trinajstić information content (AvgIpc) is 4.06. The van der Waals surface area contributed by atoms with Crippen LogP contribution in [0.5, 0.6) is 0 Å². The Morgan fingerprint density at radius 1 is 0.262 bits per heavy atom. The zero-order chi connectivity index (χ0) is 42.8. The van der Waals surface area contributed by atoms with E-state index in [1.807, 2.05) is 11.3 Å². The number of hydrogen-bond donors (Lipinski definition) is 0. The fraction of sp³-hybridized carbons (Fsp3) is 0. The zero-order valence-electron chi connectivity index (χ0n) is 35.4. The first-order valence-corrected chi connectivity index (χ1v) is 23.1. The molecule has 0 aliphatic rings. The molecule has 304 valence electrons. The molecule has 2 nitrogen and oxygen atoms in total. The number of rotatable bonds is 7. The van der Waals surface area contributed by atoms with Crippen molar-refractivity contribution in [3.05, 3.63) is 243 Å². The molecular formula is C62H40N2S. The number of nitrogens with zero attached hydrogens (tertiary/aromatic N) is 2. The van der Waals surface area contributed by atoms with Crippen LogP contribution in [0.25, 0.3) is 120 Å². The molecule has 0 saturated heterocycles. The van der Waals surface area contributed by atoms with E-state index in [0.717, 1.165) is 11.4 Å². The Balaban J connectivity index is 1.01. The van der Waals surface area contributed by atoms with E-state index in [4.69, 9.17) is 0 Å². The Hall–Kier alpha value is -8.24. The van der Waals surface area contributed by atoms with Crippen molar-refractivity contribution in [1.29, 1.82) is 0 Å². The highest BCUT2D eigenvalue weighted by Crippen LogP contribution is 2.48. The predicted molar refractivity (Wildman–Crippen MR) is 278 cm³/mol. The molecule has 0 unspecified atom stereocenters. The van der Waals surface area contributed by atoms with Gasteiger partial charge in [-0.2, -0.15) is 0 Å². The average molecular weight is 845 g/mol. The van der Waals surface area contributed by atoms with E-state index in [9.17, 15) is 0 Å². The summed E-state index contributed by atoms with van der Waals surface area (Å²) in [7, 11) is 0. The SMILES string of the molecule is c1ccc(-c2ccc(-c3cccc4c3sc3c(-c5ccc(-n6c7ccccc7c7ccc8c(-c9ccccc9)c(-c9ccccc9)n(-c9ccccc9)c8c76)cc5)cccc34)cc2)cc1. The summed E-state index contributed by atoms with van der Waals surface area (Å²) < 4.78 is 7.63. The van der Waals surface area contributed by atoms with Gasteiger partial charge < -0.3 is 9.13 Å². The largest absolute Gasteiger partial charge is 0.307 e. The lowest BCUT2D eigenvalue weighted by molar-refractivity contribution is 1.12. The molecule has 65 heavy (non-hydrogen) atoms. The molecule has 3 heterocycles. The Bertz CT molecular complexity index is 3880. The Labute approximate surface area is 381 Å². The van der Waals surface area contributed by atoms with E-state index in [0.29, 0.717) is 0 Å². The van der Waals surface area contributed by atoms with E-state index < -0.39 is 0 Å². The second-order valence-electron chi connectivity index (χ2n) is 16.8. The van der Waals surface area contributed by atoms with Crippen molar-refractivity contribution >= 4 is 64.2 Å². The summed E-state index contributed by atoms with van der Waals surface area (Å²) in [5, 5.41) is 6.27. The Morgan fingerprint density at radius 2 is 0.708 bits per heavy atom. The molecule has 3 heteroatoms. The van der Waals surface area contributed by atoms with Crippen molar-refractivity contribution in [2.45, 2.75) is 0 Å². The van der Waals surface area contributed by atoms with Crippen LogP contribution < -0.4 is 0 Å². The first-order chi connectivity index (χ1) is 32.3. The van der Waals surface area contributed by atoms with Gasteiger partial charge in [0.2, 0.25) is 0 Å². The van der Waals surface area contributed by atoms with Crippen molar-refractivity contribution in [2.75, 3.05) is 0 Å². The second kappa shape index (κ2) is 15.2. The maximum absolute atomic E-state index is 2.51. The maximum atomic E-state index is 2.51. The van der Waals surface area contributed by atoms with Crippen molar-refractivity contribution in [3.8, 4) is 67.1 Å². The first-order valence-electron chi connectivity index (χ1n) is 22.3. The summed E-state index contributed by atoms with van der Waals surface area (Å²) >= 11 is 1.90. The smallest absolute Gasteiger partial charge is 0.0789 e. The van der Waals surface area contributed by atoms with Gasteiger partial charge in [-0.15, -0.1) is 11.3 Å². The van der Waals surface area contributed by atoms with Crippen LogP contribution in [0.15, 0.2) is 243 Å². The lowest BCUT2D eigenvalue weighted by Gasteiger charge is -2.15. The topological polar surface area (TPSA) is 9.86 Å². The van der Waals surface area contributed by atoms with E-state index in [1.165, 1.54) is 109 Å². The fourth-order valence-corrected chi connectivity index (χ4v) is 11.6. The third-order valence-electron chi connectivity index (χ3n) is 13.2. The molecule has 0 radical (unpaired) electrons. The predicted octanol–water partition coefficient (Wildman–Crippen LogP) is 17.4. The van der Waals surface area contributed by atoms with Gasteiger partial charge in [-0.1, -0.05) is 212 Å². The molecular weight excluding hydrogens is 805 g/mol. The standard InChI is InChI=1S/C62H40N2S/c1-5-17-41(18-6-1)42-31-33-43(34-32-42)49-26-15-28-53-54-29-16-27-50(62(54)65-61(49)53)44-35-37-48(38-36-44)63-56-30-14-13-25-51(56)52-39-40-55-57(45-19-7-2-8-20-45)58(46-21-9-3-10-22-46)64(60(55)59(52)63)47-23-11-4-12-24-47/h1-40H. The molecule has 0 N–H and O–H groups in total. The summed E-state index contributed by atoms with van der Waals surface area (Å²) in [5.41, 5.74) is 18.0. The summed E-state index contributed by atoms with van der Waals surface area (Å²) in [6, 6.07) is 88.7. The van der Waals surface area contributed by atoms with Crippen LogP contribution in [-0.2, 0) is 0 Å². The Kier molecular flexibility index (Phi) is 8.75. The molecule has 13 aromatic rings. The van der Waals surface area contributed by atoms with Crippen LogP contribution in [0.2, 0.25) is 0 Å². The number of fused-ring (bicyclic) bond motifs is 8. The maximum Gasteiger partial charge on any atom is 0.0789 e. The molecule has 3 aromatic heterocycles. The molecule has 0 aliphatic carbocycles. The van der Waals surface area contributed by atoms with E-state index >= 15 is 0 Å². The second-order valence-corrected chi connectivity index (χ2v) is 17.8. The molecule has 0 fully saturated rings. The molecule has 10 aromatic carbocycles. The molecule has 0 aliphatic heterocycles. The zero-order valence-corrected chi connectivity index (χ0v) is 36.2. The summed E-state index contributed by atoms with van der Waals surface area (Å²) in [6.07, 6.45) is 0. The molecule has 0 saturated carbocycles. The van der Waals surface area contributed by atoms with Gasteiger partial charge in [-0.3, -0.25) is 0 Å². The minimum atomic E-state index is 1.13. The van der Waals surface area contributed by atoms with Gasteiger partial charge in [0, 0.05) is 53.3 Å². The van der Waals surface area contributed by atoms with Crippen LogP contribution in [-0.4, -0.2) is 9.13 Å². The third kappa shape index (κ3) is 6.01. The van der Waals surface area contributed by atoms with Crippen molar-refractivity contribution < 1.29 is 0 Å². The van der Waals surface area contributed by atoms with Crippen molar-refractivity contribution in [2.24, 2.45) is 0 Å². The quantitative estimate of drug-likeness (QED) is 0.151. The molecule has 0 amide bonds. The fourth-order valence-electron chi connectivity index (χ4n) is 10.2. The number of benzene rings is 10. The van der Waals surface area contributed by atoms with Crippen molar-refractivity contribution in [1.82, 2.24) is 9.13 Å². The lowest BCUT2D eigenvalue weighted by Crippen LogP contribution is -2.00. The normalized spacial score (nSPS) is 11.7. The first kappa shape index (κ1) is 37.3. The molecule has 0 spiro atoms. The van der Waals surface area contributed by atoms with Crippen LogP contribution in [0, 0.1) is 0 Å². The highest BCUT2D eigenvalue weighted by atomic mass is 32.1. The molecule has 13 rings (SSSR count). The Morgan fingerprint density at radius 3 is 1.34 bits per heavy atom. The van der Waals surface area contributed by atoms with Crippen LogP contribution in [0.4, 0.5) is 0 Å². The van der Waals surface area contributed by atoms with Gasteiger partial charge in [0.25, 0.3) is 0 Å². The summed E-state index contributed by atoms with van der Waals surface area (Å²) in [6.45, 7) is 0. The van der Waals surface area contributed by atoms with Gasteiger partial charge >= 0.3 is 0 Å². The molecule has 0 bridgehead atoms. The van der Waals surface area contributed by atoms with Gasteiger partial charge in [0.05, 0.1) is 22.2 Å². The highest BCUT2D eigenvalue weighted by Gasteiger charge is 2.26. The number of aromatic nitrogens is 2. The van der Waals surface area contributed by atoms with Gasteiger partial charge in [0.1, 0.15) is 0 Å². The van der Waals surface area contributed by atoms with Crippen LogP contribution in [0.1, 0.15) is 0 Å². The lowest BCUT2D eigenvalue weighted by atomic mass is 9.98. The van der Waals surface area contributed by atoms with Crippen LogP contribution in [0.3, 0.4) is 0 Å². The third-order valence-corrected chi connectivity index (χ3v) is 14.4. The van der Waals surface area contributed by atoms with Gasteiger partial charge in [0.15, 0.2) is 0 Å². The number of hydrogen-bond acceptors (Lipinski definition) is 1. The van der Waals surface area contributed by atoms with Gasteiger partial charge in [-0.25, -0.2) is 0 Å². The van der Waals surface area contributed by atoms with E-state index in [-0.39, 0.29) is 0 Å². The molecule has 0 atom stereocenters.